The minimum atomic E-state index is -0.504. The van der Waals surface area contributed by atoms with Crippen LogP contribution in [0.25, 0.3) is 0 Å². The molecule has 1 unspecified atom stereocenters. The zero-order chi connectivity index (χ0) is 15.3. The Hall–Kier alpha value is -1.36. The minimum Gasteiger partial charge on any atom is -0.460 e. The smallest absolute Gasteiger partial charge is 0.306 e. The lowest BCUT2D eigenvalue weighted by atomic mass is 10.2. The minimum absolute atomic E-state index is 0.0288. The number of esters is 1. The van der Waals surface area contributed by atoms with Crippen molar-refractivity contribution < 1.29 is 14.3 Å². The molecule has 0 aromatic carbocycles. The highest BCUT2D eigenvalue weighted by molar-refractivity contribution is 7.10. The molecule has 0 bridgehead atoms. The van der Waals surface area contributed by atoms with Crippen molar-refractivity contribution in [2.24, 2.45) is 0 Å². The van der Waals surface area contributed by atoms with Crippen molar-refractivity contribution >= 4 is 23.2 Å². The highest BCUT2D eigenvalue weighted by Crippen LogP contribution is 2.24. The van der Waals surface area contributed by atoms with Gasteiger partial charge in [-0.1, -0.05) is 6.07 Å². The molecule has 1 aromatic rings. The summed E-state index contributed by atoms with van der Waals surface area (Å²) in [6, 6.07) is 4.00. The summed E-state index contributed by atoms with van der Waals surface area (Å²) in [5.41, 5.74) is -0.504. The van der Waals surface area contributed by atoms with Crippen LogP contribution >= 0.6 is 11.3 Å². The predicted molar refractivity (Wildman–Crippen MR) is 80.6 cm³/mol. The number of amides is 1. The van der Waals surface area contributed by atoms with Gasteiger partial charge in [0, 0.05) is 18.3 Å². The van der Waals surface area contributed by atoms with Crippen LogP contribution in [-0.2, 0) is 14.3 Å². The van der Waals surface area contributed by atoms with E-state index in [0.717, 1.165) is 4.88 Å². The second-order valence-electron chi connectivity index (χ2n) is 5.78. The summed E-state index contributed by atoms with van der Waals surface area (Å²) in [5, 5.41) is 1.99. The van der Waals surface area contributed by atoms with Gasteiger partial charge in [-0.05, 0) is 39.1 Å². The topological polar surface area (TPSA) is 46.6 Å². The highest BCUT2D eigenvalue weighted by atomic mass is 32.1. The molecule has 0 radical (unpaired) electrons. The maximum Gasteiger partial charge on any atom is 0.306 e. The summed E-state index contributed by atoms with van der Waals surface area (Å²) in [4.78, 5) is 26.5. The van der Waals surface area contributed by atoms with Crippen molar-refractivity contribution in [2.45, 2.75) is 52.2 Å². The Kier molecular flexibility index (Phi) is 5.74. The average molecular weight is 297 g/mol. The van der Waals surface area contributed by atoms with E-state index in [2.05, 4.69) is 0 Å². The molecule has 0 N–H and O–H groups in total. The number of nitrogens with zero attached hydrogens (tertiary/aromatic N) is 1. The Balaban J connectivity index is 2.45. The maximum absolute atomic E-state index is 12.1. The van der Waals surface area contributed by atoms with E-state index in [1.807, 2.05) is 45.2 Å². The molecule has 4 nitrogen and oxygen atoms in total. The Morgan fingerprint density at radius 3 is 2.50 bits per heavy atom. The first-order chi connectivity index (χ1) is 9.20. The number of rotatable bonds is 5. The normalized spacial score (nSPS) is 12.8. The molecule has 0 saturated carbocycles. The van der Waals surface area contributed by atoms with E-state index < -0.39 is 5.60 Å². The number of hydrogen-bond acceptors (Lipinski definition) is 4. The standard InChI is InChI=1S/C15H23NO3S/c1-11(12-7-6-10-20-12)16(5)13(17)8-9-14(18)19-15(2,3)4/h6-7,10-11H,8-9H2,1-5H3. The summed E-state index contributed by atoms with van der Waals surface area (Å²) < 4.78 is 5.19. The Morgan fingerprint density at radius 1 is 1.35 bits per heavy atom. The highest BCUT2D eigenvalue weighted by Gasteiger charge is 2.21. The van der Waals surface area contributed by atoms with Crippen LogP contribution in [0.1, 0.15) is 51.5 Å². The van der Waals surface area contributed by atoms with E-state index in [9.17, 15) is 9.59 Å². The molecule has 1 amide bonds. The lowest BCUT2D eigenvalue weighted by Crippen LogP contribution is -2.30. The van der Waals surface area contributed by atoms with Crippen LogP contribution in [0.4, 0.5) is 0 Å². The molecule has 1 aromatic heterocycles. The Labute approximate surface area is 124 Å². The molecule has 0 saturated heterocycles. The fourth-order valence-corrected chi connectivity index (χ4v) is 2.54. The van der Waals surface area contributed by atoms with Gasteiger partial charge >= 0.3 is 5.97 Å². The number of carbonyl (C=O) groups excluding carboxylic acids is 2. The number of hydrogen-bond donors (Lipinski definition) is 0. The largest absolute Gasteiger partial charge is 0.460 e. The van der Waals surface area contributed by atoms with Gasteiger partial charge in [-0.15, -0.1) is 11.3 Å². The van der Waals surface area contributed by atoms with Crippen LogP contribution in [0.3, 0.4) is 0 Å². The van der Waals surface area contributed by atoms with Gasteiger partial charge in [0.05, 0.1) is 12.5 Å². The lowest BCUT2D eigenvalue weighted by Gasteiger charge is -2.24. The monoisotopic (exact) mass is 297 g/mol. The molecular formula is C15H23NO3S. The fraction of sp³-hybridized carbons (Fsp3) is 0.600. The fourth-order valence-electron chi connectivity index (χ4n) is 1.71. The van der Waals surface area contributed by atoms with Gasteiger partial charge in [-0.25, -0.2) is 0 Å². The van der Waals surface area contributed by atoms with Crippen LogP contribution in [0.5, 0.6) is 0 Å². The van der Waals surface area contributed by atoms with Crippen molar-refractivity contribution in [3.8, 4) is 0 Å². The van der Waals surface area contributed by atoms with Crippen molar-refractivity contribution in [3.63, 3.8) is 0 Å². The van der Waals surface area contributed by atoms with E-state index in [-0.39, 0.29) is 30.8 Å². The Morgan fingerprint density at radius 2 is 2.00 bits per heavy atom. The second-order valence-corrected chi connectivity index (χ2v) is 6.76. The number of carbonyl (C=O) groups is 2. The first-order valence-corrected chi connectivity index (χ1v) is 7.59. The van der Waals surface area contributed by atoms with Gasteiger partial charge in [0.1, 0.15) is 5.60 Å². The average Bonchev–Trinajstić information content (AvgIpc) is 2.85. The first kappa shape index (κ1) is 16.7. The van der Waals surface area contributed by atoms with Crippen LogP contribution in [-0.4, -0.2) is 29.4 Å². The van der Waals surface area contributed by atoms with Crippen LogP contribution in [0.15, 0.2) is 17.5 Å². The summed E-state index contributed by atoms with van der Waals surface area (Å²) >= 11 is 1.62. The third-order valence-corrected chi connectivity index (χ3v) is 3.93. The molecule has 0 spiro atoms. The van der Waals surface area contributed by atoms with E-state index in [4.69, 9.17) is 4.74 Å². The predicted octanol–water partition coefficient (Wildman–Crippen LogP) is 3.39. The van der Waals surface area contributed by atoms with E-state index in [0.29, 0.717) is 0 Å². The molecule has 0 fully saturated rings. The summed E-state index contributed by atoms with van der Waals surface area (Å²) in [6.45, 7) is 7.43. The van der Waals surface area contributed by atoms with Gasteiger partial charge in [0.25, 0.3) is 0 Å². The third-order valence-electron chi connectivity index (χ3n) is 2.89. The van der Waals surface area contributed by atoms with E-state index in [1.165, 1.54) is 0 Å². The first-order valence-electron chi connectivity index (χ1n) is 6.71. The van der Waals surface area contributed by atoms with Crippen molar-refractivity contribution in [1.29, 1.82) is 0 Å². The lowest BCUT2D eigenvalue weighted by molar-refractivity contribution is -0.156. The van der Waals surface area contributed by atoms with Crippen LogP contribution in [0, 0.1) is 0 Å². The Bertz CT molecular complexity index is 448. The van der Waals surface area contributed by atoms with Gasteiger partial charge in [-0.3, -0.25) is 9.59 Å². The van der Waals surface area contributed by atoms with Crippen molar-refractivity contribution in [2.75, 3.05) is 7.05 Å². The molecule has 0 aliphatic heterocycles. The molecule has 5 heteroatoms. The number of thiophene rings is 1. The zero-order valence-corrected chi connectivity index (χ0v) is 13.6. The van der Waals surface area contributed by atoms with Crippen molar-refractivity contribution in [3.05, 3.63) is 22.4 Å². The molecule has 1 rings (SSSR count). The molecule has 20 heavy (non-hydrogen) atoms. The number of ether oxygens (including phenoxy) is 1. The zero-order valence-electron chi connectivity index (χ0n) is 12.8. The molecule has 0 aliphatic rings. The molecule has 1 heterocycles. The molecule has 0 aliphatic carbocycles. The third kappa shape index (κ3) is 5.33. The van der Waals surface area contributed by atoms with Crippen LogP contribution < -0.4 is 0 Å². The van der Waals surface area contributed by atoms with Crippen LogP contribution in [0.2, 0.25) is 0 Å². The van der Waals surface area contributed by atoms with Crippen molar-refractivity contribution in [1.82, 2.24) is 4.90 Å². The maximum atomic E-state index is 12.1. The van der Waals surface area contributed by atoms with Gasteiger partial charge in [0.2, 0.25) is 5.91 Å². The summed E-state index contributed by atoms with van der Waals surface area (Å²) in [5.74, 6) is -0.375. The van der Waals surface area contributed by atoms with E-state index in [1.54, 1.807) is 23.3 Å². The van der Waals surface area contributed by atoms with E-state index >= 15 is 0 Å². The summed E-state index contributed by atoms with van der Waals surface area (Å²) in [7, 11) is 1.77. The summed E-state index contributed by atoms with van der Waals surface area (Å²) in [6.07, 6.45) is 0.304. The SMILES string of the molecule is CC(c1cccs1)N(C)C(=O)CCC(=O)OC(C)(C)C. The quantitative estimate of drug-likeness (QED) is 0.783. The van der Waals surface area contributed by atoms with Gasteiger partial charge in [-0.2, -0.15) is 0 Å². The van der Waals surface area contributed by atoms with Gasteiger partial charge < -0.3 is 9.64 Å². The second kappa shape index (κ2) is 6.88. The van der Waals surface area contributed by atoms with Gasteiger partial charge in [0.15, 0.2) is 0 Å². The molecule has 1 atom stereocenters. The molecular weight excluding hydrogens is 274 g/mol. The molecule has 112 valence electrons.